The summed E-state index contributed by atoms with van der Waals surface area (Å²) in [6, 6.07) is 5.50. The molecule has 3 heterocycles. The number of aromatic nitrogens is 3. The highest BCUT2D eigenvalue weighted by Crippen LogP contribution is 2.39. The number of hydrogen-bond donors (Lipinski definition) is 1. The molecule has 1 N–H and O–H groups in total. The zero-order valence-corrected chi connectivity index (χ0v) is 17.4. The van der Waals surface area contributed by atoms with E-state index < -0.39 is 17.8 Å². The van der Waals surface area contributed by atoms with Gasteiger partial charge in [-0.3, -0.25) is 4.68 Å². The average Bonchev–Trinajstić information content (AvgIpc) is 3.32. The summed E-state index contributed by atoms with van der Waals surface area (Å²) >= 11 is 0. The van der Waals surface area contributed by atoms with E-state index in [1.54, 1.807) is 36.9 Å². The number of nitrogens with zero attached hydrogens (tertiary/aromatic N) is 3. The second-order valence-electron chi connectivity index (χ2n) is 7.29. The van der Waals surface area contributed by atoms with Gasteiger partial charge in [0.15, 0.2) is 12.4 Å². The lowest BCUT2D eigenvalue weighted by atomic mass is 10.00. The molecule has 1 aromatic carbocycles. The van der Waals surface area contributed by atoms with Crippen LogP contribution in [0.4, 0.5) is 18.0 Å². The molecule has 170 valence electrons. The molecule has 1 fully saturated rings. The van der Waals surface area contributed by atoms with Gasteiger partial charge in [0.05, 0.1) is 24.3 Å². The molecule has 32 heavy (non-hydrogen) atoms. The molecule has 0 saturated carbocycles. The van der Waals surface area contributed by atoms with Crippen LogP contribution >= 0.6 is 0 Å². The molecular weight excluding hydrogens is 429 g/mol. The predicted octanol–water partition coefficient (Wildman–Crippen LogP) is 3.91. The van der Waals surface area contributed by atoms with E-state index in [1.165, 1.54) is 0 Å². The van der Waals surface area contributed by atoms with Crippen LogP contribution in [0, 0.1) is 6.92 Å². The lowest BCUT2D eigenvalue weighted by Gasteiger charge is -2.17. The van der Waals surface area contributed by atoms with Crippen molar-refractivity contribution in [1.82, 2.24) is 20.1 Å². The second kappa shape index (κ2) is 8.65. The summed E-state index contributed by atoms with van der Waals surface area (Å²) in [5, 5.41) is 7.74. The number of alkyl halides is 3. The summed E-state index contributed by atoms with van der Waals surface area (Å²) in [6.07, 6.45) is -3.55. The van der Waals surface area contributed by atoms with Crippen LogP contribution in [0.1, 0.15) is 18.1 Å². The average molecular weight is 450 g/mol. The van der Waals surface area contributed by atoms with Crippen molar-refractivity contribution in [3.8, 4) is 17.0 Å². The number of hydrogen-bond acceptors (Lipinski definition) is 6. The van der Waals surface area contributed by atoms with Gasteiger partial charge in [-0.2, -0.15) is 18.3 Å². The molecule has 2 aromatic heterocycles. The minimum absolute atomic E-state index is 0.0287. The van der Waals surface area contributed by atoms with Crippen molar-refractivity contribution in [3.05, 3.63) is 41.6 Å². The maximum Gasteiger partial charge on any atom is 0.416 e. The Morgan fingerprint density at radius 2 is 2.12 bits per heavy atom. The first-order valence-electron chi connectivity index (χ1n) is 9.96. The van der Waals surface area contributed by atoms with Gasteiger partial charge in [0.2, 0.25) is 0 Å². The van der Waals surface area contributed by atoms with E-state index >= 15 is 0 Å². The first kappa shape index (κ1) is 21.9. The van der Waals surface area contributed by atoms with Gasteiger partial charge in [0.25, 0.3) is 0 Å². The van der Waals surface area contributed by atoms with E-state index in [4.69, 9.17) is 14.2 Å². The third kappa shape index (κ3) is 4.62. The van der Waals surface area contributed by atoms with Gasteiger partial charge in [-0.25, -0.2) is 9.78 Å². The molecular formula is C21H21F3N4O4. The molecule has 1 saturated heterocycles. The largest absolute Gasteiger partial charge is 0.467 e. The fraction of sp³-hybridized carbons (Fsp3) is 0.381. The Morgan fingerprint density at radius 3 is 2.81 bits per heavy atom. The molecule has 0 unspecified atom stereocenters. The fourth-order valence-electron chi connectivity index (χ4n) is 3.48. The highest BCUT2D eigenvalue weighted by molar-refractivity contribution is 5.80. The summed E-state index contributed by atoms with van der Waals surface area (Å²) in [4.78, 5) is 15.7. The van der Waals surface area contributed by atoms with Crippen LogP contribution in [0.25, 0.3) is 22.3 Å². The number of halogens is 3. The van der Waals surface area contributed by atoms with Gasteiger partial charge in [-0.15, -0.1) is 0 Å². The van der Waals surface area contributed by atoms with Crippen molar-refractivity contribution in [1.29, 1.82) is 0 Å². The van der Waals surface area contributed by atoms with Crippen molar-refractivity contribution >= 4 is 17.1 Å². The van der Waals surface area contributed by atoms with Crippen LogP contribution in [-0.2, 0) is 22.2 Å². The Labute approximate surface area is 181 Å². The first-order valence-corrected chi connectivity index (χ1v) is 9.96. The molecule has 3 aromatic rings. The highest BCUT2D eigenvalue weighted by Gasteiger charge is 2.32. The molecule has 11 heteroatoms. The number of carbonyl (C=O) groups excluding carboxylic acids is 1. The maximum atomic E-state index is 13.3. The number of benzene rings is 1. The molecule has 0 bridgehead atoms. The van der Waals surface area contributed by atoms with Gasteiger partial charge in [-0.05, 0) is 43.7 Å². The molecule has 1 amide bonds. The minimum Gasteiger partial charge on any atom is -0.467 e. The molecule has 0 spiro atoms. The molecule has 0 radical (unpaired) electrons. The third-order valence-electron chi connectivity index (χ3n) is 4.94. The number of aryl methyl sites for hydroxylation is 1. The molecule has 1 atom stereocenters. The standard InChI is InChI=1S/C21H21F3N4O4/c1-3-30-11-31-17-7-14(21(22,23)24)6-12(2)18(17)16-5-4-13-9-28(27-19(13)26-16)10-15-8-25-20(29)32-15/h4-7,9,15H,3,8,10-11H2,1-2H3,(H,25,29)/t15-/m1/s1. The van der Waals surface area contributed by atoms with E-state index in [2.05, 4.69) is 15.4 Å². The van der Waals surface area contributed by atoms with E-state index in [9.17, 15) is 18.0 Å². The van der Waals surface area contributed by atoms with Crippen LogP contribution in [0.3, 0.4) is 0 Å². The van der Waals surface area contributed by atoms with E-state index in [-0.39, 0.29) is 18.6 Å². The summed E-state index contributed by atoms with van der Waals surface area (Å²) in [5.41, 5.74) is 0.823. The third-order valence-corrected chi connectivity index (χ3v) is 4.94. The van der Waals surface area contributed by atoms with Crippen molar-refractivity contribution in [2.75, 3.05) is 19.9 Å². The number of rotatable bonds is 7. The smallest absolute Gasteiger partial charge is 0.416 e. The SMILES string of the molecule is CCOCOc1cc(C(F)(F)F)cc(C)c1-c1ccc2cn(C[C@H]3CNC(=O)O3)nc2n1. The van der Waals surface area contributed by atoms with Crippen molar-refractivity contribution in [3.63, 3.8) is 0 Å². The van der Waals surface area contributed by atoms with Gasteiger partial charge in [0.1, 0.15) is 11.9 Å². The Morgan fingerprint density at radius 1 is 1.31 bits per heavy atom. The van der Waals surface area contributed by atoms with E-state index in [0.717, 1.165) is 17.5 Å². The highest BCUT2D eigenvalue weighted by atomic mass is 19.4. The fourth-order valence-corrected chi connectivity index (χ4v) is 3.48. The predicted molar refractivity (Wildman–Crippen MR) is 108 cm³/mol. The Hall–Kier alpha value is -3.34. The van der Waals surface area contributed by atoms with Gasteiger partial charge < -0.3 is 19.5 Å². The van der Waals surface area contributed by atoms with Crippen LogP contribution < -0.4 is 10.1 Å². The molecule has 1 aliphatic heterocycles. The monoisotopic (exact) mass is 450 g/mol. The van der Waals surface area contributed by atoms with Crippen molar-refractivity contribution < 1.29 is 32.2 Å². The lowest BCUT2D eigenvalue weighted by Crippen LogP contribution is -2.20. The van der Waals surface area contributed by atoms with E-state index in [1.807, 2.05) is 0 Å². The summed E-state index contributed by atoms with van der Waals surface area (Å²) in [7, 11) is 0. The minimum atomic E-state index is -4.51. The lowest BCUT2D eigenvalue weighted by molar-refractivity contribution is -0.137. The Kier molecular flexibility index (Phi) is 5.92. The number of fused-ring (bicyclic) bond motifs is 1. The Bertz CT molecular complexity index is 1150. The molecule has 4 rings (SSSR count). The van der Waals surface area contributed by atoms with Crippen molar-refractivity contribution in [2.45, 2.75) is 32.7 Å². The summed E-state index contributed by atoms with van der Waals surface area (Å²) in [5.74, 6) is 0.0287. The molecule has 0 aliphatic carbocycles. The van der Waals surface area contributed by atoms with E-state index in [0.29, 0.717) is 42.2 Å². The summed E-state index contributed by atoms with van der Waals surface area (Å²) < 4.78 is 57.4. The second-order valence-corrected chi connectivity index (χ2v) is 7.29. The number of amides is 1. The maximum absolute atomic E-state index is 13.3. The van der Waals surface area contributed by atoms with Crippen LogP contribution in [0.15, 0.2) is 30.5 Å². The van der Waals surface area contributed by atoms with Crippen LogP contribution in [-0.4, -0.2) is 46.9 Å². The molecule has 1 aliphatic rings. The number of alkyl carbamates (subject to hydrolysis) is 1. The zero-order valence-electron chi connectivity index (χ0n) is 17.4. The first-order chi connectivity index (χ1) is 15.2. The van der Waals surface area contributed by atoms with Gasteiger partial charge in [0, 0.05) is 23.8 Å². The normalized spacial score (nSPS) is 16.3. The van der Waals surface area contributed by atoms with Crippen LogP contribution in [0.2, 0.25) is 0 Å². The number of ether oxygens (including phenoxy) is 3. The van der Waals surface area contributed by atoms with Gasteiger partial charge in [-0.1, -0.05) is 0 Å². The quantitative estimate of drug-likeness (QED) is 0.434. The van der Waals surface area contributed by atoms with Crippen LogP contribution in [0.5, 0.6) is 5.75 Å². The number of nitrogens with one attached hydrogen (secondary N) is 1. The topological polar surface area (TPSA) is 87.5 Å². The molecule has 8 nitrogen and oxygen atoms in total. The number of cyclic esters (lactones) is 1. The number of carbonyl (C=O) groups is 1. The number of pyridine rings is 1. The summed E-state index contributed by atoms with van der Waals surface area (Å²) in [6.45, 7) is 4.25. The zero-order chi connectivity index (χ0) is 22.9. The Balaban J connectivity index is 1.69. The van der Waals surface area contributed by atoms with Gasteiger partial charge >= 0.3 is 12.3 Å². The van der Waals surface area contributed by atoms with Crippen molar-refractivity contribution in [2.24, 2.45) is 0 Å².